The summed E-state index contributed by atoms with van der Waals surface area (Å²) in [6, 6.07) is 0.318. The summed E-state index contributed by atoms with van der Waals surface area (Å²) in [6.07, 6.45) is 7.25. The molecule has 0 unspecified atom stereocenters. The van der Waals surface area contributed by atoms with E-state index < -0.39 is 24.3 Å². The van der Waals surface area contributed by atoms with Gasteiger partial charge in [-0.25, -0.2) is 23.9 Å². The predicted molar refractivity (Wildman–Crippen MR) is 138 cm³/mol. The van der Waals surface area contributed by atoms with Gasteiger partial charge in [0.15, 0.2) is 5.82 Å². The number of aromatic nitrogens is 4. The number of urea groups is 1. The Morgan fingerprint density at radius 1 is 1.11 bits per heavy atom. The third kappa shape index (κ3) is 6.44. The molecular weight excluding hydrogens is 493 g/mol. The third-order valence-corrected chi connectivity index (χ3v) is 7.26. The van der Waals surface area contributed by atoms with Crippen molar-refractivity contribution in [3.63, 3.8) is 0 Å². The predicted octanol–water partition coefficient (Wildman–Crippen LogP) is 2.41. The lowest BCUT2D eigenvalue weighted by molar-refractivity contribution is 0.133. The quantitative estimate of drug-likeness (QED) is 0.582. The van der Waals surface area contributed by atoms with Crippen molar-refractivity contribution >= 4 is 23.9 Å². The Hall–Kier alpha value is -3.61. The van der Waals surface area contributed by atoms with Crippen molar-refractivity contribution in [3.8, 4) is 5.88 Å². The van der Waals surface area contributed by atoms with Gasteiger partial charge >= 0.3 is 12.1 Å². The molecule has 5 rings (SSSR count). The molecule has 12 nitrogen and oxygen atoms in total. The van der Waals surface area contributed by atoms with Crippen LogP contribution in [0.4, 0.5) is 25.7 Å². The highest BCUT2D eigenvalue weighted by molar-refractivity contribution is 5.88. The molecule has 0 spiro atoms. The molecule has 4 heterocycles. The van der Waals surface area contributed by atoms with Crippen molar-refractivity contribution in [1.82, 2.24) is 35.1 Å². The van der Waals surface area contributed by atoms with E-state index in [1.54, 1.807) is 18.1 Å². The normalized spacial score (nSPS) is 24.0. The van der Waals surface area contributed by atoms with E-state index in [0.29, 0.717) is 24.2 Å². The molecule has 13 heteroatoms. The number of likely N-dealkylation sites (tertiary alicyclic amines) is 1. The molecule has 3 amide bonds. The van der Waals surface area contributed by atoms with Gasteiger partial charge in [-0.15, -0.1) is 0 Å². The van der Waals surface area contributed by atoms with E-state index in [4.69, 9.17) is 4.74 Å². The number of rotatable bonds is 6. The minimum atomic E-state index is -1.22. The molecule has 0 bridgehead atoms. The van der Waals surface area contributed by atoms with Crippen LogP contribution in [0.5, 0.6) is 5.88 Å². The molecule has 0 aromatic carbocycles. The summed E-state index contributed by atoms with van der Waals surface area (Å²) in [5, 5.41) is 5.58. The Labute approximate surface area is 221 Å². The first-order chi connectivity index (χ1) is 18.4. The fourth-order valence-corrected chi connectivity index (χ4v) is 4.91. The Balaban J connectivity index is 1.17. The maximum atomic E-state index is 14.9. The van der Waals surface area contributed by atoms with E-state index in [2.05, 4.69) is 35.5 Å². The van der Waals surface area contributed by atoms with Crippen LogP contribution in [-0.2, 0) is 0 Å². The van der Waals surface area contributed by atoms with Gasteiger partial charge < -0.3 is 24.8 Å². The fraction of sp³-hybridized carbons (Fsp3) is 0.600. The second kappa shape index (κ2) is 11.4. The lowest BCUT2D eigenvalue weighted by Crippen LogP contribution is -2.55. The summed E-state index contributed by atoms with van der Waals surface area (Å²) in [6.45, 7) is 2.33. The van der Waals surface area contributed by atoms with Gasteiger partial charge in [-0.3, -0.25) is 10.3 Å². The molecule has 2 aromatic rings. The molecular formula is C25H34FN9O3. The van der Waals surface area contributed by atoms with Crippen LogP contribution in [0, 0.1) is 0 Å². The highest BCUT2D eigenvalue weighted by Gasteiger charge is 2.35. The zero-order chi connectivity index (χ0) is 26.6. The lowest BCUT2D eigenvalue weighted by atomic mass is 10.0. The molecule has 2 N–H and O–H groups in total. The average Bonchev–Trinajstić information content (AvgIpc) is 3.75. The van der Waals surface area contributed by atoms with E-state index in [1.807, 2.05) is 7.05 Å². The Morgan fingerprint density at radius 3 is 2.68 bits per heavy atom. The number of piperidine rings is 2. The Morgan fingerprint density at radius 2 is 1.95 bits per heavy atom. The second-order valence-corrected chi connectivity index (χ2v) is 10.3. The summed E-state index contributed by atoms with van der Waals surface area (Å²) in [7, 11) is 3.57. The van der Waals surface area contributed by atoms with Crippen molar-refractivity contribution in [2.24, 2.45) is 0 Å². The minimum absolute atomic E-state index is 0.0238. The number of carbonyl (C=O) groups is 2. The summed E-state index contributed by atoms with van der Waals surface area (Å²) in [4.78, 5) is 47.8. The van der Waals surface area contributed by atoms with Crippen LogP contribution in [0.25, 0.3) is 0 Å². The van der Waals surface area contributed by atoms with Crippen LogP contribution in [0.3, 0.4) is 0 Å². The Bertz CT molecular complexity index is 1130. The molecule has 2 aromatic heterocycles. The fourth-order valence-electron chi connectivity index (χ4n) is 4.91. The number of anilines is 2. The van der Waals surface area contributed by atoms with Crippen molar-refractivity contribution in [2.75, 3.05) is 50.5 Å². The number of hydrogen-bond donors (Lipinski definition) is 2. The van der Waals surface area contributed by atoms with Crippen LogP contribution in [0.15, 0.2) is 24.7 Å². The first-order valence-corrected chi connectivity index (χ1v) is 13.1. The summed E-state index contributed by atoms with van der Waals surface area (Å²) in [5.74, 6) is 1.20. The van der Waals surface area contributed by atoms with Gasteiger partial charge in [-0.1, -0.05) is 0 Å². The van der Waals surface area contributed by atoms with Gasteiger partial charge in [0, 0.05) is 50.9 Å². The van der Waals surface area contributed by atoms with E-state index >= 15 is 0 Å². The van der Waals surface area contributed by atoms with Gasteiger partial charge in [0.2, 0.25) is 11.8 Å². The number of ether oxygens (including phenoxy) is 1. The highest BCUT2D eigenvalue weighted by atomic mass is 19.1. The molecule has 1 aliphatic carbocycles. The van der Waals surface area contributed by atoms with E-state index in [-0.39, 0.29) is 24.9 Å². The van der Waals surface area contributed by atoms with E-state index in [0.717, 1.165) is 44.5 Å². The number of alkyl halides is 1. The molecule has 3 atom stereocenters. The topological polar surface area (TPSA) is 129 Å². The highest BCUT2D eigenvalue weighted by Crippen LogP contribution is 2.38. The lowest BCUT2D eigenvalue weighted by Gasteiger charge is -2.39. The minimum Gasteiger partial charge on any atom is -0.391 e. The third-order valence-electron chi connectivity index (χ3n) is 7.26. The van der Waals surface area contributed by atoms with Crippen LogP contribution >= 0.6 is 0 Å². The number of hydrogen-bond acceptors (Lipinski definition) is 9. The van der Waals surface area contributed by atoms with Crippen molar-refractivity contribution in [1.29, 1.82) is 0 Å². The number of carbonyl (C=O) groups excluding carboxylic acids is 2. The van der Waals surface area contributed by atoms with E-state index in [1.165, 1.54) is 23.4 Å². The standard InChI is InChI=1S/C25H34FN9O3/c1-33-10-3-4-17(14-33)30-25(37)38-22-7-9-27-23(32-22)35-11-8-18(26)20(15-35)34(2)24(36)31-21-13-28-19(12-29-21)16-5-6-16/h7,9,12-13,16-18,20H,3-6,8,10-11,14-15H2,1-2H3,(H,30,37)(H,29,31,36)/t17-,18+,20-/m0/s1. The number of likely N-dealkylation sites (N-methyl/N-ethyl adjacent to an activating group) is 2. The maximum absolute atomic E-state index is 14.9. The van der Waals surface area contributed by atoms with Gasteiger partial charge in [-0.05, 0) is 45.7 Å². The zero-order valence-corrected chi connectivity index (χ0v) is 21.7. The first-order valence-electron chi connectivity index (χ1n) is 13.1. The van der Waals surface area contributed by atoms with Crippen LogP contribution in [0.1, 0.15) is 43.7 Å². The van der Waals surface area contributed by atoms with Crippen molar-refractivity contribution < 1.29 is 18.7 Å². The van der Waals surface area contributed by atoms with Crippen LogP contribution in [0.2, 0.25) is 0 Å². The van der Waals surface area contributed by atoms with Gasteiger partial charge in [0.1, 0.15) is 6.17 Å². The molecule has 204 valence electrons. The summed E-state index contributed by atoms with van der Waals surface area (Å²) < 4.78 is 20.3. The number of nitrogens with one attached hydrogen (secondary N) is 2. The largest absolute Gasteiger partial charge is 0.414 e. The van der Waals surface area contributed by atoms with Crippen LogP contribution in [-0.4, -0.2) is 100 Å². The second-order valence-electron chi connectivity index (χ2n) is 10.3. The van der Waals surface area contributed by atoms with Crippen molar-refractivity contribution in [2.45, 2.75) is 56.3 Å². The molecule has 3 aliphatic rings. The Kier molecular flexibility index (Phi) is 7.82. The monoisotopic (exact) mass is 527 g/mol. The van der Waals surface area contributed by atoms with E-state index in [9.17, 15) is 14.0 Å². The van der Waals surface area contributed by atoms with Gasteiger partial charge in [0.05, 0.1) is 24.1 Å². The molecule has 38 heavy (non-hydrogen) atoms. The summed E-state index contributed by atoms with van der Waals surface area (Å²) >= 11 is 0. The molecule has 2 saturated heterocycles. The molecule has 2 aliphatic heterocycles. The number of amides is 3. The van der Waals surface area contributed by atoms with Gasteiger partial charge in [-0.2, -0.15) is 4.98 Å². The summed E-state index contributed by atoms with van der Waals surface area (Å²) in [5.41, 5.74) is 0.924. The van der Waals surface area contributed by atoms with Crippen molar-refractivity contribution in [3.05, 3.63) is 30.4 Å². The SMILES string of the molecule is CN1CCC[C@H](NC(=O)Oc2ccnc(N3CC[C@@H](F)[C@@H](N(C)C(=O)Nc4cnc(C5CC5)cn4)C3)n2)C1. The van der Waals surface area contributed by atoms with Crippen LogP contribution < -0.4 is 20.3 Å². The molecule has 1 saturated carbocycles. The average molecular weight is 528 g/mol. The first kappa shape index (κ1) is 26.0. The molecule has 0 radical (unpaired) electrons. The van der Waals surface area contributed by atoms with Gasteiger partial charge in [0.25, 0.3) is 0 Å². The zero-order valence-electron chi connectivity index (χ0n) is 21.7. The maximum Gasteiger partial charge on any atom is 0.414 e. The smallest absolute Gasteiger partial charge is 0.391 e. The molecule has 3 fully saturated rings. The number of halogens is 1. The number of nitrogens with zero attached hydrogens (tertiary/aromatic N) is 7.